The third-order valence-electron chi connectivity index (χ3n) is 3.79. The molecule has 19 heavy (non-hydrogen) atoms. The van der Waals surface area contributed by atoms with E-state index in [-0.39, 0.29) is 12.4 Å². The zero-order chi connectivity index (χ0) is 13.7. The predicted octanol–water partition coefficient (Wildman–Crippen LogP) is 2.14. The summed E-state index contributed by atoms with van der Waals surface area (Å²) < 4.78 is 14.2. The summed E-state index contributed by atoms with van der Waals surface area (Å²) in [5.74, 6) is 0.340. The van der Waals surface area contributed by atoms with Crippen LogP contribution in [0.25, 0.3) is 0 Å². The minimum absolute atomic E-state index is 0.141. The van der Waals surface area contributed by atoms with Crippen molar-refractivity contribution in [2.45, 2.75) is 25.8 Å². The van der Waals surface area contributed by atoms with E-state index in [1.165, 1.54) is 0 Å². The molecule has 1 saturated heterocycles. The molecule has 3 nitrogen and oxygen atoms in total. The molecular weight excluding hydrogens is 243 g/mol. The zero-order valence-corrected chi connectivity index (χ0v) is 11.5. The van der Waals surface area contributed by atoms with E-state index in [0.717, 1.165) is 37.9 Å². The van der Waals surface area contributed by atoms with Crippen molar-refractivity contribution in [1.29, 1.82) is 0 Å². The first-order valence-electron chi connectivity index (χ1n) is 7.03. The Labute approximate surface area is 114 Å². The largest absolute Gasteiger partial charge is 0.396 e. The first-order valence-corrected chi connectivity index (χ1v) is 7.03. The fraction of sp³-hybridized carbons (Fsp3) is 0.600. The van der Waals surface area contributed by atoms with E-state index in [4.69, 9.17) is 5.11 Å². The maximum absolute atomic E-state index is 14.2. The molecule has 2 rings (SSSR count). The predicted molar refractivity (Wildman–Crippen MR) is 75.8 cm³/mol. The van der Waals surface area contributed by atoms with Gasteiger partial charge in [-0.05, 0) is 49.9 Å². The molecule has 4 heteroatoms. The third kappa shape index (κ3) is 3.67. The van der Waals surface area contributed by atoms with Gasteiger partial charge in [-0.1, -0.05) is 6.07 Å². The summed E-state index contributed by atoms with van der Waals surface area (Å²) >= 11 is 0. The molecule has 0 spiro atoms. The molecule has 0 aromatic heterocycles. The van der Waals surface area contributed by atoms with Crippen LogP contribution in [0.5, 0.6) is 0 Å². The van der Waals surface area contributed by atoms with Crippen molar-refractivity contribution in [1.82, 2.24) is 5.32 Å². The number of hydrogen-bond acceptors (Lipinski definition) is 3. The molecular formula is C15H23FN2O. The van der Waals surface area contributed by atoms with Crippen molar-refractivity contribution in [2.24, 2.45) is 5.92 Å². The number of aliphatic hydroxyl groups is 1. The van der Waals surface area contributed by atoms with Crippen molar-refractivity contribution in [3.8, 4) is 0 Å². The number of hydrogen-bond donors (Lipinski definition) is 2. The Morgan fingerprint density at radius 2 is 2.32 bits per heavy atom. The Balaban J connectivity index is 2.08. The fourth-order valence-corrected chi connectivity index (χ4v) is 2.82. The maximum Gasteiger partial charge on any atom is 0.146 e. The Bertz CT molecular complexity index is 409. The second-order valence-corrected chi connectivity index (χ2v) is 5.28. The lowest BCUT2D eigenvalue weighted by molar-refractivity contribution is 0.244. The van der Waals surface area contributed by atoms with Crippen LogP contribution in [0.2, 0.25) is 0 Å². The summed E-state index contributed by atoms with van der Waals surface area (Å²) in [7, 11) is 1.86. The average molecular weight is 266 g/mol. The first-order chi connectivity index (χ1) is 9.24. The van der Waals surface area contributed by atoms with Gasteiger partial charge < -0.3 is 15.3 Å². The van der Waals surface area contributed by atoms with Crippen LogP contribution < -0.4 is 10.2 Å². The number of nitrogens with one attached hydrogen (secondary N) is 1. The second kappa shape index (κ2) is 6.87. The molecule has 1 aromatic carbocycles. The molecule has 1 heterocycles. The molecule has 0 amide bonds. The molecule has 0 aliphatic carbocycles. The summed E-state index contributed by atoms with van der Waals surface area (Å²) in [6, 6.07) is 5.47. The van der Waals surface area contributed by atoms with Gasteiger partial charge in [0.2, 0.25) is 0 Å². The Morgan fingerprint density at radius 3 is 3.00 bits per heavy atom. The van der Waals surface area contributed by atoms with E-state index in [0.29, 0.717) is 18.2 Å². The van der Waals surface area contributed by atoms with Crippen LogP contribution >= 0.6 is 0 Å². The third-order valence-corrected chi connectivity index (χ3v) is 3.79. The summed E-state index contributed by atoms with van der Waals surface area (Å²) in [6.07, 6.45) is 3.02. The molecule has 1 fully saturated rings. The lowest BCUT2D eigenvalue weighted by Crippen LogP contribution is -2.36. The quantitative estimate of drug-likeness (QED) is 0.857. The maximum atomic E-state index is 14.2. The highest BCUT2D eigenvalue weighted by atomic mass is 19.1. The van der Waals surface area contributed by atoms with Crippen LogP contribution in [0.15, 0.2) is 18.2 Å². The highest BCUT2D eigenvalue weighted by Gasteiger charge is 2.21. The number of benzene rings is 1. The minimum atomic E-state index is -0.141. The van der Waals surface area contributed by atoms with E-state index in [9.17, 15) is 4.39 Å². The number of halogens is 1. The van der Waals surface area contributed by atoms with E-state index in [1.807, 2.05) is 19.2 Å². The SMILES string of the molecule is CNCc1ccc(N2CCCC(CCO)C2)c(F)c1. The molecule has 0 saturated carbocycles. The molecule has 0 bridgehead atoms. The number of rotatable bonds is 5. The van der Waals surface area contributed by atoms with Gasteiger partial charge in [-0.3, -0.25) is 0 Å². The van der Waals surface area contributed by atoms with Gasteiger partial charge in [0.15, 0.2) is 0 Å². The van der Waals surface area contributed by atoms with Crippen LogP contribution in [-0.2, 0) is 6.54 Å². The lowest BCUT2D eigenvalue weighted by atomic mass is 9.94. The highest BCUT2D eigenvalue weighted by molar-refractivity contribution is 5.49. The Morgan fingerprint density at radius 1 is 1.47 bits per heavy atom. The van der Waals surface area contributed by atoms with Gasteiger partial charge in [0.25, 0.3) is 0 Å². The van der Waals surface area contributed by atoms with Crippen LogP contribution in [0.4, 0.5) is 10.1 Å². The number of aliphatic hydroxyl groups excluding tert-OH is 1. The molecule has 106 valence electrons. The van der Waals surface area contributed by atoms with E-state index < -0.39 is 0 Å². The number of anilines is 1. The second-order valence-electron chi connectivity index (χ2n) is 5.28. The lowest BCUT2D eigenvalue weighted by Gasteiger charge is -2.34. The van der Waals surface area contributed by atoms with Gasteiger partial charge >= 0.3 is 0 Å². The summed E-state index contributed by atoms with van der Waals surface area (Å²) in [5.41, 5.74) is 1.66. The summed E-state index contributed by atoms with van der Waals surface area (Å²) in [4.78, 5) is 2.11. The molecule has 1 aromatic rings. The molecule has 2 N–H and O–H groups in total. The van der Waals surface area contributed by atoms with E-state index in [2.05, 4.69) is 10.2 Å². The van der Waals surface area contributed by atoms with Gasteiger partial charge in [0.05, 0.1) is 5.69 Å². The highest BCUT2D eigenvalue weighted by Crippen LogP contribution is 2.27. The molecule has 1 aliphatic rings. The molecule has 1 atom stereocenters. The molecule has 1 unspecified atom stereocenters. The first kappa shape index (κ1) is 14.3. The van der Waals surface area contributed by atoms with Crippen LogP contribution in [0.3, 0.4) is 0 Å². The van der Waals surface area contributed by atoms with Gasteiger partial charge in [-0.25, -0.2) is 4.39 Å². The molecule has 1 aliphatic heterocycles. The Hall–Kier alpha value is -1.13. The van der Waals surface area contributed by atoms with Crippen molar-refractivity contribution in [2.75, 3.05) is 31.6 Å². The summed E-state index contributed by atoms with van der Waals surface area (Å²) in [6.45, 7) is 2.67. The van der Waals surface area contributed by atoms with Crippen molar-refractivity contribution < 1.29 is 9.50 Å². The van der Waals surface area contributed by atoms with E-state index in [1.54, 1.807) is 6.07 Å². The number of nitrogens with zero attached hydrogens (tertiary/aromatic N) is 1. The van der Waals surface area contributed by atoms with Gasteiger partial charge in [0, 0.05) is 26.2 Å². The van der Waals surface area contributed by atoms with Crippen molar-refractivity contribution in [3.05, 3.63) is 29.6 Å². The topological polar surface area (TPSA) is 35.5 Å². The average Bonchev–Trinajstić information content (AvgIpc) is 2.40. The van der Waals surface area contributed by atoms with Gasteiger partial charge in [0.1, 0.15) is 5.82 Å². The van der Waals surface area contributed by atoms with Crippen LogP contribution in [0, 0.1) is 11.7 Å². The van der Waals surface area contributed by atoms with Crippen molar-refractivity contribution >= 4 is 5.69 Å². The van der Waals surface area contributed by atoms with Crippen LogP contribution in [0.1, 0.15) is 24.8 Å². The van der Waals surface area contributed by atoms with Crippen LogP contribution in [-0.4, -0.2) is 31.9 Å². The fourth-order valence-electron chi connectivity index (χ4n) is 2.82. The monoisotopic (exact) mass is 266 g/mol. The molecule has 0 radical (unpaired) electrons. The standard InChI is InChI=1S/C15H23FN2O/c1-17-10-13-4-5-15(14(16)9-13)18-7-2-3-12(11-18)6-8-19/h4-5,9,12,17,19H,2-3,6-8,10-11H2,1H3. The van der Waals surface area contributed by atoms with E-state index >= 15 is 0 Å². The zero-order valence-electron chi connectivity index (χ0n) is 11.5. The number of piperidine rings is 1. The summed E-state index contributed by atoms with van der Waals surface area (Å²) in [5, 5.41) is 12.1. The normalized spacial score (nSPS) is 19.7. The van der Waals surface area contributed by atoms with Gasteiger partial charge in [-0.2, -0.15) is 0 Å². The smallest absolute Gasteiger partial charge is 0.146 e. The minimum Gasteiger partial charge on any atom is -0.396 e. The Kier molecular flexibility index (Phi) is 5.16. The van der Waals surface area contributed by atoms with Crippen molar-refractivity contribution in [3.63, 3.8) is 0 Å². The van der Waals surface area contributed by atoms with Gasteiger partial charge in [-0.15, -0.1) is 0 Å².